The van der Waals surface area contributed by atoms with Gasteiger partial charge in [0.25, 0.3) is 5.91 Å². The van der Waals surface area contributed by atoms with Crippen molar-refractivity contribution in [2.24, 2.45) is 0 Å². The van der Waals surface area contributed by atoms with Crippen LogP contribution in [-0.2, 0) is 0 Å². The van der Waals surface area contributed by atoms with Crippen molar-refractivity contribution in [1.29, 1.82) is 0 Å². The Morgan fingerprint density at radius 3 is 2.55 bits per heavy atom. The molecule has 2 rings (SSSR count). The maximum atomic E-state index is 12.0. The van der Waals surface area contributed by atoms with Gasteiger partial charge in [-0.05, 0) is 31.0 Å². The molecule has 1 fully saturated rings. The molecule has 5 heteroatoms. The Bertz CT molecular complexity index is 482. The largest absolute Gasteiger partial charge is 0.507 e. The number of aromatic hydroxyl groups is 1. The number of phenols is 1. The van der Waals surface area contributed by atoms with E-state index in [1.807, 2.05) is 0 Å². The van der Waals surface area contributed by atoms with Crippen LogP contribution in [0.5, 0.6) is 5.75 Å². The minimum Gasteiger partial charge on any atom is -0.507 e. The van der Waals surface area contributed by atoms with Gasteiger partial charge in [0, 0.05) is 11.6 Å². The van der Waals surface area contributed by atoms with Gasteiger partial charge in [-0.2, -0.15) is 0 Å². The lowest BCUT2D eigenvalue weighted by Crippen LogP contribution is -2.42. The first-order chi connectivity index (χ1) is 9.50. The van der Waals surface area contributed by atoms with E-state index in [0.29, 0.717) is 17.9 Å². The van der Waals surface area contributed by atoms with Gasteiger partial charge in [0.2, 0.25) is 0 Å². The Morgan fingerprint density at radius 1 is 1.25 bits per heavy atom. The Kier molecular flexibility index (Phi) is 4.89. The van der Waals surface area contributed by atoms with Crippen molar-refractivity contribution in [3.05, 3.63) is 28.8 Å². The minimum atomic E-state index is -0.833. The summed E-state index contributed by atoms with van der Waals surface area (Å²) in [6.07, 6.45) is 5.63. The summed E-state index contributed by atoms with van der Waals surface area (Å²) in [4.78, 5) is 12.0. The van der Waals surface area contributed by atoms with E-state index in [-0.39, 0.29) is 17.9 Å². The molecule has 1 saturated carbocycles. The summed E-state index contributed by atoms with van der Waals surface area (Å²) in [5.74, 6) is -0.526. The zero-order chi connectivity index (χ0) is 14.6. The summed E-state index contributed by atoms with van der Waals surface area (Å²) in [5, 5.41) is 23.2. The summed E-state index contributed by atoms with van der Waals surface area (Å²) in [7, 11) is 0. The monoisotopic (exact) mass is 297 g/mol. The quantitative estimate of drug-likeness (QED) is 0.751. The van der Waals surface area contributed by atoms with E-state index < -0.39 is 11.5 Å². The Labute approximate surface area is 123 Å². The summed E-state index contributed by atoms with van der Waals surface area (Å²) < 4.78 is 0. The zero-order valence-corrected chi connectivity index (χ0v) is 12.1. The molecule has 0 aliphatic heterocycles. The Morgan fingerprint density at radius 2 is 1.90 bits per heavy atom. The van der Waals surface area contributed by atoms with Crippen LogP contribution in [0.3, 0.4) is 0 Å². The third kappa shape index (κ3) is 3.87. The molecule has 1 aliphatic rings. The summed E-state index contributed by atoms with van der Waals surface area (Å²) in [6, 6.07) is 4.33. The van der Waals surface area contributed by atoms with E-state index in [0.717, 1.165) is 25.7 Å². The highest BCUT2D eigenvalue weighted by molar-refractivity contribution is 6.31. The molecule has 0 bridgehead atoms. The van der Waals surface area contributed by atoms with Crippen LogP contribution in [0, 0.1) is 0 Å². The van der Waals surface area contributed by atoms with Crippen molar-refractivity contribution in [3.8, 4) is 5.75 Å². The van der Waals surface area contributed by atoms with Gasteiger partial charge < -0.3 is 15.5 Å². The molecule has 110 valence electrons. The van der Waals surface area contributed by atoms with E-state index in [1.165, 1.54) is 18.2 Å². The molecular formula is C15H20ClNO3. The molecule has 4 nitrogen and oxygen atoms in total. The number of nitrogens with one attached hydrogen (secondary N) is 1. The Hall–Kier alpha value is -1.26. The van der Waals surface area contributed by atoms with Crippen LogP contribution in [-0.4, -0.2) is 28.3 Å². The van der Waals surface area contributed by atoms with Crippen molar-refractivity contribution >= 4 is 17.5 Å². The number of hydrogen-bond acceptors (Lipinski definition) is 3. The van der Waals surface area contributed by atoms with E-state index in [9.17, 15) is 15.0 Å². The van der Waals surface area contributed by atoms with Gasteiger partial charge >= 0.3 is 0 Å². The van der Waals surface area contributed by atoms with Gasteiger partial charge in [0.15, 0.2) is 0 Å². The maximum absolute atomic E-state index is 12.0. The van der Waals surface area contributed by atoms with Gasteiger partial charge in [-0.1, -0.05) is 37.3 Å². The van der Waals surface area contributed by atoms with Crippen molar-refractivity contribution in [2.45, 2.75) is 44.1 Å². The number of aliphatic hydroxyl groups is 1. The highest BCUT2D eigenvalue weighted by Gasteiger charge is 2.28. The standard InChI is InChI=1S/C15H20ClNO3/c16-11-5-6-13(18)12(9-11)14(19)17-10-15(20)7-3-1-2-4-8-15/h5-6,9,18,20H,1-4,7-8,10H2,(H,17,19). The molecule has 0 atom stereocenters. The molecule has 20 heavy (non-hydrogen) atoms. The number of phenolic OH excluding ortho intramolecular Hbond substituents is 1. The molecule has 0 aromatic heterocycles. The third-order valence-corrected chi connectivity index (χ3v) is 4.05. The number of carbonyl (C=O) groups excluding carboxylic acids is 1. The first-order valence-electron chi connectivity index (χ1n) is 6.99. The van der Waals surface area contributed by atoms with E-state index in [1.54, 1.807) is 0 Å². The summed E-state index contributed by atoms with van der Waals surface area (Å²) in [5.41, 5.74) is -0.699. The molecule has 3 N–H and O–H groups in total. The molecular weight excluding hydrogens is 278 g/mol. The average molecular weight is 298 g/mol. The zero-order valence-electron chi connectivity index (χ0n) is 11.4. The molecule has 0 radical (unpaired) electrons. The second-order valence-electron chi connectivity index (χ2n) is 5.48. The van der Waals surface area contributed by atoms with Crippen molar-refractivity contribution < 1.29 is 15.0 Å². The molecule has 1 aromatic carbocycles. The fourth-order valence-corrected chi connectivity index (χ4v) is 2.77. The maximum Gasteiger partial charge on any atom is 0.255 e. The number of carbonyl (C=O) groups is 1. The molecule has 0 spiro atoms. The fraction of sp³-hybridized carbons (Fsp3) is 0.533. The SMILES string of the molecule is O=C(NCC1(O)CCCCCC1)c1cc(Cl)ccc1O. The second-order valence-corrected chi connectivity index (χ2v) is 5.92. The fourth-order valence-electron chi connectivity index (χ4n) is 2.59. The number of hydrogen-bond donors (Lipinski definition) is 3. The van der Waals surface area contributed by atoms with Crippen LogP contribution in [0.15, 0.2) is 18.2 Å². The molecule has 0 saturated heterocycles. The lowest BCUT2D eigenvalue weighted by molar-refractivity contribution is 0.0246. The van der Waals surface area contributed by atoms with Crippen LogP contribution in [0.25, 0.3) is 0 Å². The highest BCUT2D eigenvalue weighted by Crippen LogP contribution is 2.27. The number of amides is 1. The van der Waals surface area contributed by atoms with Gasteiger partial charge in [-0.25, -0.2) is 0 Å². The lowest BCUT2D eigenvalue weighted by atomic mass is 9.94. The average Bonchev–Trinajstić information content (AvgIpc) is 2.64. The number of halogens is 1. The predicted octanol–water partition coefficient (Wildman–Crippen LogP) is 2.86. The van der Waals surface area contributed by atoms with Crippen molar-refractivity contribution in [3.63, 3.8) is 0 Å². The normalized spacial score (nSPS) is 18.3. The topological polar surface area (TPSA) is 69.6 Å². The van der Waals surface area contributed by atoms with Crippen molar-refractivity contribution in [2.75, 3.05) is 6.54 Å². The summed E-state index contributed by atoms with van der Waals surface area (Å²) >= 11 is 5.82. The van der Waals surface area contributed by atoms with Crippen LogP contribution < -0.4 is 5.32 Å². The van der Waals surface area contributed by atoms with E-state index >= 15 is 0 Å². The lowest BCUT2D eigenvalue weighted by Gasteiger charge is -2.26. The highest BCUT2D eigenvalue weighted by atomic mass is 35.5. The van der Waals surface area contributed by atoms with Gasteiger partial charge in [0.05, 0.1) is 11.2 Å². The number of benzene rings is 1. The second kappa shape index (κ2) is 6.46. The van der Waals surface area contributed by atoms with E-state index in [4.69, 9.17) is 11.6 Å². The van der Waals surface area contributed by atoms with Crippen LogP contribution in [0.1, 0.15) is 48.9 Å². The van der Waals surface area contributed by atoms with Gasteiger partial charge in [-0.15, -0.1) is 0 Å². The minimum absolute atomic E-state index is 0.111. The van der Waals surface area contributed by atoms with Crippen LogP contribution >= 0.6 is 11.6 Å². The van der Waals surface area contributed by atoms with Crippen LogP contribution in [0.2, 0.25) is 5.02 Å². The number of rotatable bonds is 3. The molecule has 0 unspecified atom stereocenters. The molecule has 1 amide bonds. The molecule has 1 aromatic rings. The Balaban J connectivity index is 1.99. The first-order valence-corrected chi connectivity index (χ1v) is 7.37. The van der Waals surface area contributed by atoms with Crippen LogP contribution in [0.4, 0.5) is 0 Å². The van der Waals surface area contributed by atoms with E-state index in [2.05, 4.69) is 5.32 Å². The predicted molar refractivity (Wildman–Crippen MR) is 78.1 cm³/mol. The molecule has 1 aliphatic carbocycles. The summed E-state index contributed by atoms with van der Waals surface area (Å²) in [6.45, 7) is 0.206. The third-order valence-electron chi connectivity index (χ3n) is 3.82. The smallest absolute Gasteiger partial charge is 0.255 e. The molecule has 0 heterocycles. The van der Waals surface area contributed by atoms with Gasteiger partial charge in [0.1, 0.15) is 5.75 Å². The first kappa shape index (κ1) is 15.1. The van der Waals surface area contributed by atoms with Gasteiger partial charge in [-0.3, -0.25) is 4.79 Å². The van der Waals surface area contributed by atoms with Crippen molar-refractivity contribution in [1.82, 2.24) is 5.32 Å².